The van der Waals surface area contributed by atoms with E-state index in [0.717, 1.165) is 11.1 Å². The lowest BCUT2D eigenvalue weighted by Crippen LogP contribution is -1.90. The molecule has 70 valence electrons. The molecule has 0 aliphatic heterocycles. The molecular weight excluding hydrogens is 196 g/mol. The molecule has 0 atom stereocenters. The molecule has 0 aliphatic rings. The summed E-state index contributed by atoms with van der Waals surface area (Å²) in [6, 6.07) is 9.81. The fourth-order valence-corrected chi connectivity index (χ4v) is 1.49. The lowest BCUT2D eigenvalue weighted by molar-refractivity contribution is 1.33. The van der Waals surface area contributed by atoms with Crippen molar-refractivity contribution in [3.05, 3.63) is 47.7 Å². The number of nitrogens with two attached hydrogens (primary N) is 1. The Morgan fingerprint density at radius 2 is 1.79 bits per heavy atom. The van der Waals surface area contributed by atoms with Crippen LogP contribution in [0.2, 0.25) is 5.02 Å². The van der Waals surface area contributed by atoms with Crippen molar-refractivity contribution in [3.8, 4) is 11.1 Å². The average Bonchev–Trinajstić information content (AvgIpc) is 2.23. The van der Waals surface area contributed by atoms with Crippen LogP contribution in [0.4, 0.5) is 5.69 Å². The molecule has 1 aromatic heterocycles. The van der Waals surface area contributed by atoms with Gasteiger partial charge in [0.25, 0.3) is 0 Å². The van der Waals surface area contributed by atoms with Gasteiger partial charge in [-0.3, -0.25) is 4.98 Å². The SMILES string of the molecule is Nc1cncc(-c2ccccc2)c1Cl. The van der Waals surface area contributed by atoms with Crippen LogP contribution >= 0.6 is 11.6 Å². The molecule has 14 heavy (non-hydrogen) atoms. The van der Waals surface area contributed by atoms with Gasteiger partial charge in [0.2, 0.25) is 0 Å². The third-order valence-electron chi connectivity index (χ3n) is 1.99. The Hall–Kier alpha value is -1.54. The Morgan fingerprint density at radius 3 is 2.50 bits per heavy atom. The number of nitrogens with zero attached hydrogens (tertiary/aromatic N) is 1. The zero-order valence-corrected chi connectivity index (χ0v) is 8.20. The van der Waals surface area contributed by atoms with Gasteiger partial charge in [-0.2, -0.15) is 0 Å². The first kappa shape index (κ1) is 9.03. The molecule has 0 bridgehead atoms. The Kier molecular flexibility index (Phi) is 2.37. The zero-order chi connectivity index (χ0) is 9.97. The van der Waals surface area contributed by atoms with Gasteiger partial charge in [0.15, 0.2) is 0 Å². The first-order valence-corrected chi connectivity index (χ1v) is 4.61. The van der Waals surface area contributed by atoms with Crippen LogP contribution in [0, 0.1) is 0 Å². The number of rotatable bonds is 1. The van der Waals surface area contributed by atoms with Crippen molar-refractivity contribution in [2.24, 2.45) is 0 Å². The maximum absolute atomic E-state index is 6.06. The lowest BCUT2D eigenvalue weighted by atomic mass is 10.1. The van der Waals surface area contributed by atoms with E-state index in [1.165, 1.54) is 0 Å². The molecule has 0 saturated carbocycles. The normalized spacial score (nSPS) is 10.1. The molecule has 0 saturated heterocycles. The summed E-state index contributed by atoms with van der Waals surface area (Å²) in [5, 5.41) is 0.561. The second-order valence-corrected chi connectivity index (χ2v) is 3.33. The second kappa shape index (κ2) is 3.68. The van der Waals surface area contributed by atoms with E-state index in [2.05, 4.69) is 4.98 Å². The van der Waals surface area contributed by atoms with E-state index < -0.39 is 0 Å². The Morgan fingerprint density at radius 1 is 1.07 bits per heavy atom. The average molecular weight is 205 g/mol. The van der Waals surface area contributed by atoms with Crippen molar-refractivity contribution in [1.29, 1.82) is 0 Å². The minimum absolute atomic E-state index is 0.507. The van der Waals surface area contributed by atoms with Gasteiger partial charge in [-0.1, -0.05) is 41.9 Å². The van der Waals surface area contributed by atoms with E-state index in [-0.39, 0.29) is 0 Å². The van der Waals surface area contributed by atoms with Gasteiger partial charge in [-0.05, 0) is 5.56 Å². The van der Waals surface area contributed by atoms with Crippen LogP contribution in [-0.2, 0) is 0 Å². The summed E-state index contributed by atoms with van der Waals surface area (Å²) >= 11 is 6.06. The molecule has 2 aromatic rings. The predicted octanol–water partition coefficient (Wildman–Crippen LogP) is 2.98. The molecule has 0 spiro atoms. The van der Waals surface area contributed by atoms with Crippen LogP contribution < -0.4 is 5.73 Å². The largest absolute Gasteiger partial charge is 0.396 e. The van der Waals surface area contributed by atoms with Gasteiger partial charge in [0.1, 0.15) is 0 Å². The van der Waals surface area contributed by atoms with Crippen molar-refractivity contribution >= 4 is 17.3 Å². The van der Waals surface area contributed by atoms with Crippen LogP contribution in [0.25, 0.3) is 11.1 Å². The number of anilines is 1. The summed E-state index contributed by atoms with van der Waals surface area (Å²) in [6.45, 7) is 0. The van der Waals surface area contributed by atoms with E-state index in [4.69, 9.17) is 17.3 Å². The molecule has 1 aromatic carbocycles. The Balaban J connectivity index is 2.58. The standard InChI is InChI=1S/C11H9ClN2/c12-11-9(6-14-7-10(11)13)8-4-2-1-3-5-8/h1-7H,13H2. The highest BCUT2D eigenvalue weighted by atomic mass is 35.5. The van der Waals surface area contributed by atoms with Gasteiger partial charge >= 0.3 is 0 Å². The number of halogens is 1. The monoisotopic (exact) mass is 204 g/mol. The minimum atomic E-state index is 0.507. The van der Waals surface area contributed by atoms with E-state index in [0.29, 0.717) is 10.7 Å². The number of hydrogen-bond acceptors (Lipinski definition) is 2. The van der Waals surface area contributed by atoms with Gasteiger partial charge < -0.3 is 5.73 Å². The van der Waals surface area contributed by atoms with Crippen molar-refractivity contribution < 1.29 is 0 Å². The summed E-state index contributed by atoms with van der Waals surface area (Å²) in [6.07, 6.45) is 3.27. The summed E-state index contributed by atoms with van der Waals surface area (Å²) < 4.78 is 0. The number of aromatic nitrogens is 1. The zero-order valence-electron chi connectivity index (χ0n) is 7.44. The van der Waals surface area contributed by atoms with E-state index >= 15 is 0 Å². The highest BCUT2D eigenvalue weighted by Gasteiger charge is 2.05. The molecule has 0 unspecified atom stereocenters. The maximum atomic E-state index is 6.06. The van der Waals surface area contributed by atoms with Crippen LogP contribution in [0.1, 0.15) is 0 Å². The lowest BCUT2D eigenvalue weighted by Gasteiger charge is -2.05. The van der Waals surface area contributed by atoms with E-state index in [9.17, 15) is 0 Å². The van der Waals surface area contributed by atoms with Gasteiger partial charge in [0.05, 0.1) is 16.9 Å². The second-order valence-electron chi connectivity index (χ2n) is 2.96. The van der Waals surface area contributed by atoms with Crippen molar-refractivity contribution in [3.63, 3.8) is 0 Å². The highest BCUT2D eigenvalue weighted by Crippen LogP contribution is 2.30. The summed E-state index contributed by atoms with van der Waals surface area (Å²) in [5.41, 5.74) is 8.06. The number of benzene rings is 1. The summed E-state index contributed by atoms with van der Waals surface area (Å²) in [4.78, 5) is 4.01. The number of pyridine rings is 1. The molecular formula is C11H9ClN2. The Labute approximate surface area is 87.4 Å². The van der Waals surface area contributed by atoms with E-state index in [1.807, 2.05) is 30.3 Å². The molecule has 1 heterocycles. The maximum Gasteiger partial charge on any atom is 0.0745 e. The summed E-state index contributed by atoms with van der Waals surface area (Å²) in [5.74, 6) is 0. The molecule has 0 amide bonds. The van der Waals surface area contributed by atoms with Crippen LogP contribution in [-0.4, -0.2) is 4.98 Å². The van der Waals surface area contributed by atoms with Crippen molar-refractivity contribution in [2.45, 2.75) is 0 Å². The number of hydrogen-bond donors (Lipinski definition) is 1. The fourth-order valence-electron chi connectivity index (χ4n) is 1.28. The smallest absolute Gasteiger partial charge is 0.0745 e. The molecule has 0 aliphatic carbocycles. The Bertz CT molecular complexity index is 440. The minimum Gasteiger partial charge on any atom is -0.396 e. The molecule has 2 rings (SSSR count). The first-order valence-electron chi connectivity index (χ1n) is 4.23. The van der Waals surface area contributed by atoms with Gasteiger partial charge in [-0.15, -0.1) is 0 Å². The van der Waals surface area contributed by atoms with Crippen molar-refractivity contribution in [2.75, 3.05) is 5.73 Å². The fraction of sp³-hybridized carbons (Fsp3) is 0. The number of nitrogen functional groups attached to an aromatic ring is 1. The van der Waals surface area contributed by atoms with Gasteiger partial charge in [0, 0.05) is 11.8 Å². The topological polar surface area (TPSA) is 38.9 Å². The predicted molar refractivity (Wildman–Crippen MR) is 59.1 cm³/mol. The first-order chi connectivity index (χ1) is 6.79. The third kappa shape index (κ3) is 1.56. The highest BCUT2D eigenvalue weighted by molar-refractivity contribution is 6.35. The van der Waals surface area contributed by atoms with Crippen molar-refractivity contribution in [1.82, 2.24) is 4.98 Å². The third-order valence-corrected chi connectivity index (χ3v) is 2.41. The van der Waals surface area contributed by atoms with Gasteiger partial charge in [-0.25, -0.2) is 0 Å². The molecule has 0 fully saturated rings. The molecule has 0 radical (unpaired) electrons. The molecule has 3 heteroatoms. The van der Waals surface area contributed by atoms with Crippen LogP contribution in [0.3, 0.4) is 0 Å². The quantitative estimate of drug-likeness (QED) is 0.776. The summed E-state index contributed by atoms with van der Waals surface area (Å²) in [7, 11) is 0. The van der Waals surface area contributed by atoms with Crippen LogP contribution in [0.15, 0.2) is 42.7 Å². The molecule has 2 nitrogen and oxygen atoms in total. The van der Waals surface area contributed by atoms with Crippen LogP contribution in [0.5, 0.6) is 0 Å². The molecule has 2 N–H and O–H groups in total. The van der Waals surface area contributed by atoms with E-state index in [1.54, 1.807) is 12.4 Å².